The summed E-state index contributed by atoms with van der Waals surface area (Å²) in [5.41, 5.74) is 5.44. The van der Waals surface area contributed by atoms with Crippen LogP contribution in [0.2, 0.25) is 0 Å². The minimum Gasteiger partial charge on any atom is -0.348 e. The highest BCUT2D eigenvalue weighted by Crippen LogP contribution is 2.30. The molecule has 0 unspecified atom stereocenters. The van der Waals surface area contributed by atoms with Crippen LogP contribution in [0.3, 0.4) is 0 Å². The minimum absolute atomic E-state index is 0.214. The normalized spacial score (nSPS) is 11.0. The molecule has 7 nitrogen and oxygen atoms in total. The Bertz CT molecular complexity index is 1360. The van der Waals surface area contributed by atoms with Crippen LogP contribution < -0.4 is 5.32 Å². The molecule has 0 spiro atoms. The van der Waals surface area contributed by atoms with Gasteiger partial charge in [0.25, 0.3) is 5.91 Å². The van der Waals surface area contributed by atoms with Crippen LogP contribution in [0.1, 0.15) is 15.9 Å². The molecule has 8 heteroatoms. The fourth-order valence-corrected chi connectivity index (χ4v) is 3.43. The number of aromatic amines is 2. The molecule has 0 saturated heterocycles. The number of halogens is 1. The van der Waals surface area contributed by atoms with Crippen LogP contribution in [0, 0.1) is 5.82 Å². The maximum atomic E-state index is 13.0. The fourth-order valence-electron chi connectivity index (χ4n) is 3.43. The summed E-state index contributed by atoms with van der Waals surface area (Å²) in [6, 6.07) is 19.2. The lowest BCUT2D eigenvalue weighted by atomic mass is 10.0. The van der Waals surface area contributed by atoms with E-state index in [1.54, 1.807) is 30.5 Å². The Morgan fingerprint density at radius 1 is 0.968 bits per heavy atom. The number of benzene rings is 3. The summed E-state index contributed by atoms with van der Waals surface area (Å²) >= 11 is 0. The third-order valence-electron chi connectivity index (χ3n) is 5.04. The molecule has 0 aliphatic heterocycles. The van der Waals surface area contributed by atoms with Gasteiger partial charge in [-0.15, -0.1) is 0 Å². The number of hydrogen-bond donors (Lipinski definition) is 3. The first-order chi connectivity index (χ1) is 15.2. The van der Waals surface area contributed by atoms with Crippen molar-refractivity contribution < 1.29 is 9.18 Å². The minimum atomic E-state index is -0.305. The van der Waals surface area contributed by atoms with Gasteiger partial charge in [0, 0.05) is 28.6 Å². The summed E-state index contributed by atoms with van der Waals surface area (Å²) in [4.78, 5) is 12.6. The van der Waals surface area contributed by atoms with E-state index in [0.717, 1.165) is 39.0 Å². The lowest BCUT2D eigenvalue weighted by molar-refractivity contribution is 0.0951. The highest BCUT2D eigenvalue weighted by Gasteiger charge is 2.13. The van der Waals surface area contributed by atoms with E-state index in [1.807, 2.05) is 30.3 Å². The maximum Gasteiger partial charge on any atom is 0.251 e. The second-order valence-corrected chi connectivity index (χ2v) is 7.08. The Balaban J connectivity index is 1.42. The van der Waals surface area contributed by atoms with E-state index in [9.17, 15) is 9.18 Å². The molecule has 5 rings (SSSR count). The molecule has 0 aliphatic carbocycles. The average Bonchev–Trinajstić information content (AvgIpc) is 3.48. The Kier molecular flexibility index (Phi) is 4.72. The Morgan fingerprint density at radius 3 is 2.65 bits per heavy atom. The van der Waals surface area contributed by atoms with Crippen LogP contribution in [0.15, 0.2) is 72.9 Å². The second kappa shape index (κ2) is 7.83. The summed E-state index contributed by atoms with van der Waals surface area (Å²) < 4.78 is 13.0. The molecule has 2 aromatic heterocycles. The SMILES string of the molecule is O=C(NCc1ccc(F)cc1)c1cccc(-c2n[nH]c3ccc(-c4cn[nH]n4)cc23)c1. The van der Waals surface area contributed by atoms with E-state index in [2.05, 4.69) is 30.9 Å². The van der Waals surface area contributed by atoms with Crippen LogP contribution in [-0.4, -0.2) is 31.5 Å². The number of H-pyrrole nitrogens is 2. The van der Waals surface area contributed by atoms with E-state index in [0.29, 0.717) is 12.1 Å². The zero-order chi connectivity index (χ0) is 21.2. The largest absolute Gasteiger partial charge is 0.348 e. The summed E-state index contributed by atoms with van der Waals surface area (Å²) in [7, 11) is 0. The Morgan fingerprint density at radius 2 is 1.84 bits per heavy atom. The lowest BCUT2D eigenvalue weighted by Gasteiger charge is -2.07. The summed E-state index contributed by atoms with van der Waals surface area (Å²) in [6.45, 7) is 0.315. The number of nitrogens with one attached hydrogen (secondary N) is 3. The number of carbonyl (C=O) groups is 1. The molecule has 0 bridgehead atoms. The van der Waals surface area contributed by atoms with E-state index in [1.165, 1.54) is 12.1 Å². The smallest absolute Gasteiger partial charge is 0.251 e. The molecule has 2 heterocycles. The van der Waals surface area contributed by atoms with Gasteiger partial charge in [0.15, 0.2) is 0 Å². The maximum absolute atomic E-state index is 13.0. The molecule has 31 heavy (non-hydrogen) atoms. The van der Waals surface area contributed by atoms with Gasteiger partial charge in [-0.1, -0.05) is 30.3 Å². The van der Waals surface area contributed by atoms with Crippen molar-refractivity contribution in [1.82, 2.24) is 30.9 Å². The fraction of sp³-hybridized carbons (Fsp3) is 0.0435. The van der Waals surface area contributed by atoms with Crippen LogP contribution in [0.5, 0.6) is 0 Å². The lowest BCUT2D eigenvalue weighted by Crippen LogP contribution is -2.22. The highest BCUT2D eigenvalue weighted by molar-refractivity contribution is 5.99. The van der Waals surface area contributed by atoms with Gasteiger partial charge in [-0.25, -0.2) is 4.39 Å². The summed E-state index contributed by atoms with van der Waals surface area (Å²) in [5.74, 6) is -0.519. The first-order valence-electron chi connectivity index (χ1n) is 9.65. The van der Waals surface area contributed by atoms with Crippen molar-refractivity contribution in [2.24, 2.45) is 0 Å². The Hall–Kier alpha value is -4.33. The van der Waals surface area contributed by atoms with Gasteiger partial charge in [-0.2, -0.15) is 20.5 Å². The van der Waals surface area contributed by atoms with Gasteiger partial charge in [0.1, 0.15) is 11.5 Å². The number of carbonyl (C=O) groups excluding carboxylic acids is 1. The third kappa shape index (κ3) is 3.78. The number of nitrogens with zero attached hydrogens (tertiary/aromatic N) is 3. The number of amides is 1. The first kappa shape index (κ1) is 18.7. The molecule has 3 aromatic carbocycles. The average molecular weight is 412 g/mol. The number of aromatic nitrogens is 5. The summed E-state index contributed by atoms with van der Waals surface area (Å²) in [6.07, 6.45) is 1.66. The molecule has 0 atom stereocenters. The van der Waals surface area contributed by atoms with E-state index in [4.69, 9.17) is 0 Å². The monoisotopic (exact) mass is 412 g/mol. The number of rotatable bonds is 5. The van der Waals surface area contributed by atoms with Gasteiger partial charge >= 0.3 is 0 Å². The van der Waals surface area contributed by atoms with Crippen LogP contribution in [0.4, 0.5) is 4.39 Å². The van der Waals surface area contributed by atoms with Crippen LogP contribution >= 0.6 is 0 Å². The molecular formula is C23H17FN6O. The molecule has 0 fully saturated rings. The quantitative estimate of drug-likeness (QED) is 0.405. The number of fused-ring (bicyclic) bond motifs is 1. The van der Waals surface area contributed by atoms with E-state index >= 15 is 0 Å². The molecular weight excluding hydrogens is 395 g/mol. The van der Waals surface area contributed by atoms with Gasteiger partial charge in [-0.05, 0) is 42.0 Å². The van der Waals surface area contributed by atoms with E-state index < -0.39 is 0 Å². The van der Waals surface area contributed by atoms with Gasteiger partial charge < -0.3 is 5.32 Å². The van der Waals surface area contributed by atoms with Crippen molar-refractivity contribution in [2.45, 2.75) is 6.54 Å². The molecule has 5 aromatic rings. The van der Waals surface area contributed by atoms with Crippen LogP contribution in [0.25, 0.3) is 33.4 Å². The van der Waals surface area contributed by atoms with Crippen LogP contribution in [-0.2, 0) is 6.54 Å². The third-order valence-corrected chi connectivity index (χ3v) is 5.04. The topological polar surface area (TPSA) is 99.4 Å². The van der Waals surface area contributed by atoms with Gasteiger partial charge in [0.2, 0.25) is 0 Å². The highest BCUT2D eigenvalue weighted by atomic mass is 19.1. The standard InChI is InChI=1S/C23H17FN6O/c24-18-7-4-14(5-8-18)12-25-23(31)17-3-1-2-16(10-17)22-19-11-15(21-13-26-30-28-21)6-9-20(19)27-29-22/h1-11,13H,12H2,(H,25,31)(H,27,29)(H,26,28,30). The van der Waals surface area contributed by atoms with Crippen molar-refractivity contribution in [1.29, 1.82) is 0 Å². The molecule has 0 radical (unpaired) electrons. The Labute approximate surface area is 176 Å². The predicted octanol–water partition coefficient (Wildman–Crippen LogP) is 4.08. The zero-order valence-electron chi connectivity index (χ0n) is 16.3. The van der Waals surface area contributed by atoms with Crippen molar-refractivity contribution in [3.05, 3.63) is 89.9 Å². The second-order valence-electron chi connectivity index (χ2n) is 7.08. The van der Waals surface area contributed by atoms with E-state index in [-0.39, 0.29) is 11.7 Å². The number of hydrogen-bond acceptors (Lipinski definition) is 4. The predicted molar refractivity (Wildman–Crippen MR) is 114 cm³/mol. The van der Waals surface area contributed by atoms with Crippen molar-refractivity contribution in [3.8, 4) is 22.5 Å². The molecule has 0 aliphatic rings. The van der Waals surface area contributed by atoms with Crippen molar-refractivity contribution in [3.63, 3.8) is 0 Å². The van der Waals surface area contributed by atoms with Gasteiger partial charge in [-0.3, -0.25) is 9.89 Å². The molecule has 3 N–H and O–H groups in total. The molecule has 152 valence electrons. The van der Waals surface area contributed by atoms with Crippen molar-refractivity contribution >= 4 is 16.8 Å². The molecule has 1 amide bonds. The zero-order valence-corrected chi connectivity index (χ0v) is 16.3. The first-order valence-corrected chi connectivity index (χ1v) is 9.65. The van der Waals surface area contributed by atoms with Crippen molar-refractivity contribution in [2.75, 3.05) is 0 Å². The summed E-state index contributed by atoms with van der Waals surface area (Å²) in [5, 5.41) is 21.9. The van der Waals surface area contributed by atoms with Gasteiger partial charge in [0.05, 0.1) is 17.4 Å². The molecule has 0 saturated carbocycles.